The molecule has 38 heavy (non-hydrogen) atoms. The number of hydrogen-bond donors (Lipinski definition) is 2. The Labute approximate surface area is 220 Å². The number of piperazine rings is 1. The van der Waals surface area contributed by atoms with E-state index in [9.17, 15) is 28.0 Å². The van der Waals surface area contributed by atoms with Crippen LogP contribution in [0, 0.1) is 11.1 Å². The van der Waals surface area contributed by atoms with Crippen molar-refractivity contribution in [1.29, 1.82) is 0 Å². The number of rotatable bonds is 9. The van der Waals surface area contributed by atoms with Crippen LogP contribution in [0.2, 0.25) is 0 Å². The highest BCUT2D eigenvalue weighted by molar-refractivity contribution is 6.09. The Morgan fingerprint density at radius 3 is 2.58 bits per heavy atom. The minimum Gasteiger partial charge on any atom is -0.621 e. The Kier molecular flexibility index (Phi) is 9.08. The fourth-order valence-electron chi connectivity index (χ4n) is 5.05. The number of alkyl halides is 3. The largest absolute Gasteiger partial charge is 0.621 e. The van der Waals surface area contributed by atoms with E-state index in [1.165, 1.54) is 6.07 Å². The topological polar surface area (TPSA) is 92.6 Å². The van der Waals surface area contributed by atoms with Crippen LogP contribution in [0.25, 0.3) is 0 Å². The lowest BCUT2D eigenvalue weighted by Gasteiger charge is -2.37. The average Bonchev–Trinajstić information content (AvgIpc) is 2.91. The number of benzene rings is 1. The molecule has 1 amide bonds. The van der Waals surface area contributed by atoms with E-state index in [-0.39, 0.29) is 23.8 Å². The molecule has 0 radical (unpaired) electrons. The minimum atomic E-state index is -4.41. The number of Topliss-reactive ketones (excluding diaryl/α,β-unsaturated/α-hetero) is 1. The van der Waals surface area contributed by atoms with E-state index in [0.717, 1.165) is 6.54 Å². The van der Waals surface area contributed by atoms with E-state index in [0.29, 0.717) is 63.5 Å². The predicted octanol–water partition coefficient (Wildman–Crippen LogP) is 1.29. The number of ether oxygens (including phenoxy) is 1. The van der Waals surface area contributed by atoms with Crippen LogP contribution in [0.3, 0.4) is 0 Å². The number of hydrogen-bond acceptors (Lipinski definition) is 8. The fraction of sp³-hybridized carbons (Fsp3) is 0.538. The first kappa shape index (κ1) is 28.1. The van der Waals surface area contributed by atoms with Crippen molar-refractivity contribution in [3.05, 3.63) is 53.0 Å². The zero-order valence-corrected chi connectivity index (χ0v) is 21.4. The average molecular weight is 538 g/mol. The number of carbonyl (C=O) groups is 2. The molecule has 12 heteroatoms. The van der Waals surface area contributed by atoms with Crippen LogP contribution in [0.5, 0.6) is 5.75 Å². The van der Waals surface area contributed by atoms with Gasteiger partial charge in [0.1, 0.15) is 17.4 Å². The first-order valence-corrected chi connectivity index (χ1v) is 12.8. The molecule has 0 spiro atoms. The van der Waals surface area contributed by atoms with Crippen LogP contribution in [0.15, 0.2) is 47.8 Å². The third kappa shape index (κ3) is 6.93. The summed E-state index contributed by atoms with van der Waals surface area (Å²) in [6, 6.07) is 6.70. The van der Waals surface area contributed by atoms with E-state index in [4.69, 9.17) is 4.74 Å². The molecule has 0 bridgehead atoms. The van der Waals surface area contributed by atoms with Gasteiger partial charge < -0.3 is 19.7 Å². The van der Waals surface area contributed by atoms with Gasteiger partial charge in [-0.05, 0) is 44.6 Å². The summed E-state index contributed by atoms with van der Waals surface area (Å²) in [5.41, 5.74) is 1.28. The number of quaternary nitrogens is 1. The SMILES string of the molecule is CC1=C(CN2C=CCNC2)[NH+]([O-])C(=O)C(CCCN2CCN(c3ccccc3OCC(F)(F)F)CC2)C1=O. The molecule has 2 N–H and O–H groups in total. The molecule has 2 atom stereocenters. The van der Waals surface area contributed by atoms with Gasteiger partial charge in [0, 0.05) is 32.7 Å². The molecule has 3 aliphatic heterocycles. The number of halogens is 3. The molecule has 3 aliphatic rings. The van der Waals surface area contributed by atoms with E-state index in [2.05, 4.69) is 10.2 Å². The maximum Gasteiger partial charge on any atom is 0.422 e. The number of nitrogens with zero attached hydrogens (tertiary/aromatic N) is 3. The molecule has 0 aliphatic carbocycles. The summed E-state index contributed by atoms with van der Waals surface area (Å²) < 4.78 is 42.8. The van der Waals surface area contributed by atoms with E-state index < -0.39 is 29.7 Å². The number of nitrogens with one attached hydrogen (secondary N) is 2. The number of allylic oxidation sites excluding steroid dienone is 1. The van der Waals surface area contributed by atoms with Crippen molar-refractivity contribution in [3.63, 3.8) is 0 Å². The second-order valence-corrected chi connectivity index (χ2v) is 9.80. The molecule has 9 nitrogen and oxygen atoms in total. The number of hydroxylamine groups is 2. The summed E-state index contributed by atoms with van der Waals surface area (Å²) >= 11 is 0. The quantitative estimate of drug-likeness (QED) is 0.360. The molecule has 3 heterocycles. The van der Waals surface area contributed by atoms with Gasteiger partial charge in [-0.3, -0.25) is 20.1 Å². The number of ketones is 1. The maximum absolute atomic E-state index is 13.0. The summed E-state index contributed by atoms with van der Waals surface area (Å²) in [7, 11) is 0. The van der Waals surface area contributed by atoms with Gasteiger partial charge in [0.05, 0.1) is 24.5 Å². The molecule has 0 aromatic heterocycles. The van der Waals surface area contributed by atoms with E-state index in [1.807, 2.05) is 22.1 Å². The lowest BCUT2D eigenvalue weighted by molar-refractivity contribution is -0.725. The molecule has 0 saturated carbocycles. The van der Waals surface area contributed by atoms with E-state index >= 15 is 0 Å². The van der Waals surface area contributed by atoms with Gasteiger partial charge in [0.15, 0.2) is 12.4 Å². The molecule has 1 saturated heterocycles. The third-order valence-electron chi connectivity index (χ3n) is 7.14. The summed E-state index contributed by atoms with van der Waals surface area (Å²) in [4.78, 5) is 31.8. The lowest BCUT2D eigenvalue weighted by atomic mass is 9.88. The van der Waals surface area contributed by atoms with Crippen LogP contribution in [0.1, 0.15) is 19.8 Å². The van der Waals surface area contributed by atoms with Crippen molar-refractivity contribution in [2.45, 2.75) is 25.9 Å². The number of amides is 1. The number of para-hydroxylation sites is 2. The van der Waals surface area contributed by atoms with Gasteiger partial charge in [-0.25, -0.2) is 4.79 Å². The van der Waals surface area contributed by atoms with Gasteiger partial charge in [-0.15, -0.1) is 0 Å². The zero-order chi connectivity index (χ0) is 27.3. The molecule has 1 aromatic carbocycles. The molecule has 4 rings (SSSR count). The Bertz CT molecular complexity index is 1070. The highest BCUT2D eigenvalue weighted by atomic mass is 19.4. The molecule has 208 valence electrons. The van der Waals surface area contributed by atoms with E-state index in [1.54, 1.807) is 25.1 Å². The second-order valence-electron chi connectivity index (χ2n) is 9.80. The summed E-state index contributed by atoms with van der Waals surface area (Å²) in [6.45, 7) is 5.04. The Morgan fingerprint density at radius 1 is 1.16 bits per heavy atom. The van der Waals surface area contributed by atoms with Crippen molar-refractivity contribution < 1.29 is 32.6 Å². The first-order chi connectivity index (χ1) is 18.1. The fourth-order valence-corrected chi connectivity index (χ4v) is 5.05. The van der Waals surface area contributed by atoms with Crippen LogP contribution in [-0.2, 0) is 9.59 Å². The lowest BCUT2D eigenvalue weighted by Crippen LogP contribution is -3.11. The molecular formula is C26H34F3N5O4. The summed E-state index contributed by atoms with van der Waals surface area (Å²) in [5, 5.41) is 15.4. The van der Waals surface area contributed by atoms with Gasteiger partial charge in [0.2, 0.25) is 0 Å². The van der Waals surface area contributed by atoms with Gasteiger partial charge >= 0.3 is 12.1 Å². The predicted molar refractivity (Wildman–Crippen MR) is 135 cm³/mol. The molecular weight excluding hydrogens is 503 g/mol. The van der Waals surface area contributed by atoms with Crippen molar-refractivity contribution in [2.75, 3.05) is 64.0 Å². The second kappa shape index (κ2) is 12.3. The standard InChI is InChI=1S/C26H34F3N5O4/c1-19-22(16-32-11-5-9-30-18-32)34(37)25(36)20(24(19)35)6-4-10-31-12-14-33(15-13-31)21-7-2-3-8-23(21)38-17-26(27,28)29/h2-3,5,7-8,11,20,30,34H,4,6,9-10,12-18H2,1H3. The summed E-state index contributed by atoms with van der Waals surface area (Å²) in [6.07, 6.45) is 0.268. The van der Waals surface area contributed by atoms with Crippen LogP contribution in [0.4, 0.5) is 18.9 Å². The maximum atomic E-state index is 13.0. The Morgan fingerprint density at radius 2 is 1.89 bits per heavy atom. The van der Waals surface area contributed by atoms with Crippen molar-refractivity contribution in [2.24, 2.45) is 5.92 Å². The minimum absolute atomic E-state index is 0.202. The normalized spacial score (nSPS) is 23.4. The Balaban J connectivity index is 1.27. The van der Waals surface area contributed by atoms with Gasteiger partial charge in [-0.2, -0.15) is 13.2 Å². The smallest absolute Gasteiger partial charge is 0.422 e. The summed E-state index contributed by atoms with van der Waals surface area (Å²) in [5.74, 6) is -1.61. The number of carbonyl (C=O) groups excluding carboxylic acids is 2. The first-order valence-electron chi connectivity index (χ1n) is 12.8. The molecule has 1 aromatic rings. The third-order valence-corrected chi connectivity index (χ3v) is 7.14. The van der Waals surface area contributed by atoms with Gasteiger partial charge in [0.25, 0.3) is 0 Å². The van der Waals surface area contributed by atoms with Crippen molar-refractivity contribution in [3.8, 4) is 5.75 Å². The van der Waals surface area contributed by atoms with Crippen LogP contribution < -0.4 is 20.0 Å². The number of anilines is 1. The highest BCUT2D eigenvalue weighted by Crippen LogP contribution is 2.30. The zero-order valence-electron chi connectivity index (χ0n) is 21.4. The van der Waals surface area contributed by atoms with Crippen LogP contribution in [-0.4, -0.2) is 86.8 Å². The molecule has 2 unspecified atom stereocenters. The monoisotopic (exact) mass is 537 g/mol. The van der Waals surface area contributed by atoms with Crippen molar-refractivity contribution >= 4 is 17.4 Å². The van der Waals surface area contributed by atoms with Crippen LogP contribution >= 0.6 is 0 Å². The Hall–Kier alpha value is -2.93. The van der Waals surface area contributed by atoms with Crippen molar-refractivity contribution in [1.82, 2.24) is 15.1 Å². The highest BCUT2D eigenvalue weighted by Gasteiger charge is 2.41. The van der Waals surface area contributed by atoms with Gasteiger partial charge in [-0.1, -0.05) is 18.2 Å². The molecule has 1 fully saturated rings.